The molecular formula is C27H34O14. The Morgan fingerprint density at radius 1 is 1.02 bits per heavy atom. The molecule has 3 heterocycles. The molecule has 3 aliphatic heterocycles. The topological polar surface area (TPSA) is 219 Å². The molecule has 41 heavy (non-hydrogen) atoms. The summed E-state index contributed by atoms with van der Waals surface area (Å²) in [6.45, 7) is 0.978. The van der Waals surface area contributed by atoms with Crippen LogP contribution in [0, 0.1) is 11.8 Å². The highest BCUT2D eigenvalue weighted by molar-refractivity contribution is 5.97. The molecule has 1 aromatic carbocycles. The molecule has 4 fully saturated rings. The van der Waals surface area contributed by atoms with Gasteiger partial charge in [0.2, 0.25) is 17.9 Å². The number of carbonyl (C=O) groups is 3. The number of rotatable bonds is 5. The van der Waals surface area contributed by atoms with Crippen LogP contribution in [0.4, 0.5) is 0 Å². The molecule has 0 bridgehead atoms. The SMILES string of the molecule is C[C@@H]1CO[C@@]2(C[C@@H]1OC(=O)c1ccccc1)O[C@@H]1C[C@@H](C(=O)O[C@@H]3O[C@H](CO)[C@@H](O)[C@H](O)[C@H]3O)C[C@H](O)[C@]1(O)C2=O. The Morgan fingerprint density at radius 2 is 1.73 bits per heavy atom. The maximum Gasteiger partial charge on any atom is 0.338 e. The highest BCUT2D eigenvalue weighted by Gasteiger charge is 2.71. The van der Waals surface area contributed by atoms with Gasteiger partial charge in [-0.25, -0.2) is 4.79 Å². The molecule has 6 N–H and O–H groups in total. The summed E-state index contributed by atoms with van der Waals surface area (Å²) in [5.74, 6) is -6.06. The predicted molar refractivity (Wildman–Crippen MR) is 132 cm³/mol. The van der Waals surface area contributed by atoms with Crippen LogP contribution in [0.1, 0.15) is 36.5 Å². The normalized spacial score (nSPS) is 44.3. The number of ketones is 1. The molecule has 4 aliphatic rings. The number of aliphatic hydroxyl groups is 6. The summed E-state index contributed by atoms with van der Waals surface area (Å²) < 4.78 is 27.8. The Hall–Kier alpha value is -2.53. The lowest BCUT2D eigenvalue weighted by molar-refractivity contribution is -0.295. The van der Waals surface area contributed by atoms with Crippen molar-refractivity contribution in [2.45, 2.75) is 86.6 Å². The number of hydrogen-bond donors (Lipinski definition) is 6. The molecule has 14 heteroatoms. The van der Waals surface area contributed by atoms with Crippen molar-refractivity contribution < 1.29 is 68.7 Å². The monoisotopic (exact) mass is 582 g/mol. The van der Waals surface area contributed by atoms with Crippen molar-refractivity contribution in [2.75, 3.05) is 13.2 Å². The largest absolute Gasteiger partial charge is 0.458 e. The van der Waals surface area contributed by atoms with E-state index in [0.717, 1.165) is 0 Å². The van der Waals surface area contributed by atoms with Crippen LogP contribution in [0.25, 0.3) is 0 Å². The van der Waals surface area contributed by atoms with E-state index < -0.39 is 97.1 Å². The third-order valence-corrected chi connectivity index (χ3v) is 8.41. The van der Waals surface area contributed by atoms with Crippen molar-refractivity contribution in [3.63, 3.8) is 0 Å². The van der Waals surface area contributed by atoms with Gasteiger partial charge in [-0.3, -0.25) is 9.59 Å². The zero-order valence-corrected chi connectivity index (χ0v) is 22.1. The number of fused-ring (bicyclic) bond motifs is 1. The fourth-order valence-electron chi connectivity index (χ4n) is 5.87. The van der Waals surface area contributed by atoms with Crippen molar-refractivity contribution in [1.82, 2.24) is 0 Å². The number of ether oxygens (including phenoxy) is 5. The first-order valence-electron chi connectivity index (χ1n) is 13.5. The number of aliphatic hydroxyl groups excluding tert-OH is 5. The maximum absolute atomic E-state index is 13.6. The average Bonchev–Trinajstić information content (AvgIpc) is 3.18. The quantitative estimate of drug-likeness (QED) is 0.203. The Morgan fingerprint density at radius 3 is 2.41 bits per heavy atom. The van der Waals surface area contributed by atoms with Crippen molar-refractivity contribution in [3.05, 3.63) is 35.9 Å². The summed E-state index contributed by atoms with van der Waals surface area (Å²) in [6, 6.07) is 8.26. The molecule has 0 amide bonds. The standard InChI is InChI=1S/C27H34O14/c1-12-11-37-26(9-15(12)38-22(33)13-5-3-2-4-6-13)25(35)27(36)17(29)7-14(8-18(27)41-26)23(34)40-24-21(32)20(31)19(30)16(10-28)39-24/h2-6,12,14-21,24,28-32,36H,7-11H2,1H3/t12-,14+,15+,16-,17+,18-,19-,20+,21-,24+,26+,27-/m1/s1. The van der Waals surface area contributed by atoms with Crippen molar-refractivity contribution >= 4 is 17.7 Å². The van der Waals surface area contributed by atoms with E-state index in [1.54, 1.807) is 37.3 Å². The zero-order valence-electron chi connectivity index (χ0n) is 22.1. The van der Waals surface area contributed by atoms with Crippen LogP contribution < -0.4 is 0 Å². The van der Waals surface area contributed by atoms with Gasteiger partial charge in [0.15, 0.2) is 5.60 Å². The van der Waals surface area contributed by atoms with E-state index in [4.69, 9.17) is 23.7 Å². The van der Waals surface area contributed by atoms with Crippen LogP contribution in [0.3, 0.4) is 0 Å². The minimum Gasteiger partial charge on any atom is -0.458 e. The molecule has 0 aromatic heterocycles. The van der Waals surface area contributed by atoms with Gasteiger partial charge in [0, 0.05) is 12.3 Å². The number of hydrogen-bond acceptors (Lipinski definition) is 14. The summed E-state index contributed by atoms with van der Waals surface area (Å²) >= 11 is 0. The first kappa shape index (κ1) is 29.9. The van der Waals surface area contributed by atoms with Crippen LogP contribution in [-0.2, 0) is 33.3 Å². The van der Waals surface area contributed by atoms with E-state index in [9.17, 15) is 45.0 Å². The van der Waals surface area contributed by atoms with Crippen LogP contribution in [0.2, 0.25) is 0 Å². The number of carbonyl (C=O) groups excluding carboxylic acids is 3. The first-order chi connectivity index (χ1) is 19.4. The molecule has 0 unspecified atom stereocenters. The average molecular weight is 583 g/mol. The summed E-state index contributed by atoms with van der Waals surface area (Å²) in [7, 11) is 0. The molecule has 12 atom stereocenters. The zero-order chi connectivity index (χ0) is 29.7. The highest BCUT2D eigenvalue weighted by Crippen LogP contribution is 2.49. The molecule has 14 nitrogen and oxygen atoms in total. The molecule has 5 rings (SSSR count). The predicted octanol–water partition coefficient (Wildman–Crippen LogP) is -2.22. The number of benzene rings is 1. The van der Waals surface area contributed by atoms with Gasteiger partial charge >= 0.3 is 11.9 Å². The maximum atomic E-state index is 13.6. The van der Waals surface area contributed by atoms with Crippen molar-refractivity contribution in [1.29, 1.82) is 0 Å². The van der Waals surface area contributed by atoms with Gasteiger partial charge in [0.05, 0.1) is 30.8 Å². The third kappa shape index (κ3) is 5.17. The molecule has 0 radical (unpaired) electrons. The Kier molecular flexibility index (Phi) is 8.24. The third-order valence-electron chi connectivity index (χ3n) is 8.41. The fourth-order valence-corrected chi connectivity index (χ4v) is 5.87. The molecule has 1 spiro atoms. The van der Waals surface area contributed by atoms with Crippen molar-refractivity contribution in [3.8, 4) is 0 Å². The molecule has 1 aromatic rings. The molecular weight excluding hydrogens is 548 g/mol. The van der Waals surface area contributed by atoms with Gasteiger partial charge in [-0.2, -0.15) is 0 Å². The minimum absolute atomic E-state index is 0.0556. The second kappa shape index (κ2) is 11.3. The van der Waals surface area contributed by atoms with E-state index in [0.29, 0.717) is 5.56 Å². The van der Waals surface area contributed by atoms with E-state index in [1.165, 1.54) is 0 Å². The second-order valence-electron chi connectivity index (χ2n) is 11.1. The summed E-state index contributed by atoms with van der Waals surface area (Å²) in [4.78, 5) is 39.3. The van der Waals surface area contributed by atoms with Gasteiger partial charge in [-0.05, 0) is 25.0 Å². The molecule has 3 saturated heterocycles. The lowest BCUT2D eigenvalue weighted by atomic mass is 9.72. The van der Waals surface area contributed by atoms with Crippen LogP contribution in [0.15, 0.2) is 30.3 Å². The molecule has 226 valence electrons. The lowest BCUT2D eigenvalue weighted by Gasteiger charge is -2.41. The summed E-state index contributed by atoms with van der Waals surface area (Å²) in [5.41, 5.74) is -2.11. The van der Waals surface area contributed by atoms with Crippen LogP contribution >= 0.6 is 0 Å². The molecule has 1 aliphatic carbocycles. The van der Waals surface area contributed by atoms with E-state index >= 15 is 0 Å². The summed E-state index contributed by atoms with van der Waals surface area (Å²) in [5, 5.41) is 61.7. The molecule has 1 saturated carbocycles. The van der Waals surface area contributed by atoms with Gasteiger partial charge in [-0.1, -0.05) is 25.1 Å². The minimum atomic E-state index is -2.42. The van der Waals surface area contributed by atoms with Gasteiger partial charge in [0.1, 0.15) is 36.6 Å². The Labute approximate surface area is 234 Å². The Balaban J connectivity index is 1.29. The van der Waals surface area contributed by atoms with E-state index in [-0.39, 0.29) is 25.4 Å². The van der Waals surface area contributed by atoms with Gasteiger partial charge in [0.25, 0.3) is 0 Å². The van der Waals surface area contributed by atoms with Gasteiger partial charge < -0.3 is 54.3 Å². The lowest BCUT2D eigenvalue weighted by Crippen LogP contribution is -2.62. The number of esters is 2. The van der Waals surface area contributed by atoms with Crippen LogP contribution in [-0.4, -0.2) is 122 Å². The van der Waals surface area contributed by atoms with Gasteiger partial charge in [-0.15, -0.1) is 0 Å². The smallest absolute Gasteiger partial charge is 0.338 e. The highest BCUT2D eigenvalue weighted by atomic mass is 16.7. The van der Waals surface area contributed by atoms with Crippen molar-refractivity contribution in [2.24, 2.45) is 11.8 Å². The number of Topliss-reactive ketones (excluding diaryl/α,β-unsaturated/α-hetero) is 1. The second-order valence-corrected chi connectivity index (χ2v) is 11.1. The fraction of sp³-hybridized carbons (Fsp3) is 0.667. The first-order valence-corrected chi connectivity index (χ1v) is 13.5. The van der Waals surface area contributed by atoms with E-state index in [2.05, 4.69) is 0 Å². The van der Waals surface area contributed by atoms with Crippen LogP contribution in [0.5, 0.6) is 0 Å². The van der Waals surface area contributed by atoms with E-state index in [1.807, 2.05) is 0 Å². The summed E-state index contributed by atoms with van der Waals surface area (Å²) in [6.07, 6.45) is -13.3. The Bertz CT molecular complexity index is 1140.